The normalized spacial score (nSPS) is 10.5. The summed E-state index contributed by atoms with van der Waals surface area (Å²) in [6, 6.07) is 10.2. The first kappa shape index (κ1) is 19.6. The molecule has 2 aromatic rings. The molecule has 0 aliphatic heterocycles. The van der Waals surface area contributed by atoms with E-state index in [0.29, 0.717) is 11.1 Å². The topological polar surface area (TPSA) is 46.6 Å². The lowest BCUT2D eigenvalue weighted by Crippen LogP contribution is -2.26. The number of nitrogens with zero attached hydrogens (tertiary/aromatic N) is 1. The van der Waals surface area contributed by atoms with Crippen LogP contribution in [-0.4, -0.2) is 30.7 Å². The van der Waals surface area contributed by atoms with Crippen LogP contribution in [0, 0.1) is 19.7 Å². The predicted octanol–water partition coefficient (Wildman–Crippen LogP) is 4.07. The van der Waals surface area contributed by atoms with Gasteiger partial charge in [0.25, 0.3) is 0 Å². The van der Waals surface area contributed by atoms with Gasteiger partial charge in [0.2, 0.25) is 5.91 Å². The molecule has 0 heterocycles. The van der Waals surface area contributed by atoms with Crippen LogP contribution in [0.15, 0.2) is 36.4 Å². The van der Waals surface area contributed by atoms with Crippen LogP contribution in [-0.2, 0) is 11.3 Å². The Balaban J connectivity index is 1.91. The summed E-state index contributed by atoms with van der Waals surface area (Å²) in [5, 5.41) is 0. The molecule has 0 fully saturated rings. The number of carbonyl (C=O) groups is 2. The Bertz CT molecular complexity index is 817. The molecule has 0 atom stereocenters. The molecule has 0 bridgehead atoms. The zero-order valence-corrected chi connectivity index (χ0v) is 15.6. The highest BCUT2D eigenvalue weighted by atomic mass is 19.1. The van der Waals surface area contributed by atoms with Crippen molar-refractivity contribution in [2.24, 2.45) is 0 Å². The quantitative estimate of drug-likeness (QED) is 0.702. The number of hydrogen-bond donors (Lipinski definition) is 0. The van der Waals surface area contributed by atoms with E-state index < -0.39 is 5.82 Å². The molecule has 4 nitrogen and oxygen atoms in total. The SMILES string of the molecule is COc1ccc(CN(C)C(=O)CCC(=O)c2ccc(C)c(C)c2)cc1F. The number of methoxy groups -OCH3 is 1. The molecule has 5 heteroatoms. The standard InChI is InChI=1S/C21H24FNO3/c1-14-5-7-17(11-15(14)2)19(24)8-10-21(25)23(3)13-16-6-9-20(26-4)18(22)12-16/h5-7,9,11-12H,8,10,13H2,1-4H3. The number of halogens is 1. The fourth-order valence-corrected chi connectivity index (χ4v) is 2.64. The zero-order chi connectivity index (χ0) is 19.3. The van der Waals surface area contributed by atoms with E-state index in [-0.39, 0.29) is 36.8 Å². The van der Waals surface area contributed by atoms with Crippen LogP contribution in [0.5, 0.6) is 5.75 Å². The second kappa shape index (κ2) is 8.61. The summed E-state index contributed by atoms with van der Waals surface area (Å²) in [6.45, 7) is 4.22. The third-order valence-electron chi connectivity index (χ3n) is 4.46. The fourth-order valence-electron chi connectivity index (χ4n) is 2.64. The molecular formula is C21H24FNO3. The minimum atomic E-state index is -0.462. The second-order valence-electron chi connectivity index (χ2n) is 6.44. The maximum Gasteiger partial charge on any atom is 0.223 e. The molecule has 0 saturated carbocycles. The fraction of sp³-hybridized carbons (Fsp3) is 0.333. The van der Waals surface area contributed by atoms with E-state index >= 15 is 0 Å². The van der Waals surface area contributed by atoms with Gasteiger partial charge in [-0.2, -0.15) is 0 Å². The van der Waals surface area contributed by atoms with E-state index in [1.54, 1.807) is 19.2 Å². The van der Waals surface area contributed by atoms with E-state index in [2.05, 4.69) is 0 Å². The molecule has 0 aliphatic rings. The summed E-state index contributed by atoms with van der Waals surface area (Å²) in [5.74, 6) is -0.499. The third kappa shape index (κ3) is 4.91. The summed E-state index contributed by atoms with van der Waals surface area (Å²) < 4.78 is 18.6. The van der Waals surface area contributed by atoms with Gasteiger partial charge in [-0.25, -0.2) is 4.39 Å². The first-order chi connectivity index (χ1) is 12.3. The number of ether oxygens (including phenoxy) is 1. The van der Waals surface area contributed by atoms with Gasteiger partial charge in [0.05, 0.1) is 7.11 Å². The molecular weight excluding hydrogens is 333 g/mol. The van der Waals surface area contributed by atoms with E-state index in [1.165, 1.54) is 24.1 Å². The van der Waals surface area contributed by atoms with Crippen molar-refractivity contribution < 1.29 is 18.7 Å². The van der Waals surface area contributed by atoms with Gasteiger partial charge in [-0.1, -0.05) is 18.2 Å². The van der Waals surface area contributed by atoms with Gasteiger partial charge in [0, 0.05) is 32.0 Å². The van der Waals surface area contributed by atoms with Crippen molar-refractivity contribution in [3.05, 3.63) is 64.5 Å². The van der Waals surface area contributed by atoms with Crippen LogP contribution >= 0.6 is 0 Å². The van der Waals surface area contributed by atoms with Gasteiger partial charge < -0.3 is 9.64 Å². The van der Waals surface area contributed by atoms with Gasteiger partial charge in [0.15, 0.2) is 17.3 Å². The van der Waals surface area contributed by atoms with Crippen molar-refractivity contribution in [1.82, 2.24) is 4.90 Å². The Morgan fingerprint density at radius 1 is 1.04 bits per heavy atom. The van der Waals surface area contributed by atoms with Crippen LogP contribution in [0.4, 0.5) is 4.39 Å². The molecule has 2 aromatic carbocycles. The van der Waals surface area contributed by atoms with E-state index in [9.17, 15) is 14.0 Å². The Morgan fingerprint density at radius 2 is 1.77 bits per heavy atom. The molecule has 0 saturated heterocycles. The van der Waals surface area contributed by atoms with Crippen LogP contribution in [0.25, 0.3) is 0 Å². The minimum Gasteiger partial charge on any atom is -0.494 e. The van der Waals surface area contributed by atoms with Gasteiger partial charge in [-0.05, 0) is 48.7 Å². The summed E-state index contributed by atoms with van der Waals surface area (Å²) in [5.41, 5.74) is 3.48. The van der Waals surface area contributed by atoms with E-state index in [1.807, 2.05) is 26.0 Å². The Morgan fingerprint density at radius 3 is 2.38 bits per heavy atom. The summed E-state index contributed by atoms with van der Waals surface area (Å²) in [4.78, 5) is 26.0. The van der Waals surface area contributed by atoms with Gasteiger partial charge in [0.1, 0.15) is 0 Å². The van der Waals surface area contributed by atoms with Crippen molar-refractivity contribution in [2.75, 3.05) is 14.2 Å². The lowest BCUT2D eigenvalue weighted by Gasteiger charge is -2.17. The molecule has 1 amide bonds. The Labute approximate surface area is 153 Å². The molecule has 0 aliphatic carbocycles. The van der Waals surface area contributed by atoms with Crippen molar-refractivity contribution >= 4 is 11.7 Å². The van der Waals surface area contributed by atoms with E-state index in [4.69, 9.17) is 4.74 Å². The lowest BCUT2D eigenvalue weighted by atomic mass is 10.0. The highest BCUT2D eigenvalue weighted by Crippen LogP contribution is 2.19. The van der Waals surface area contributed by atoms with Gasteiger partial charge in [-0.3, -0.25) is 9.59 Å². The molecule has 0 spiro atoms. The molecule has 26 heavy (non-hydrogen) atoms. The van der Waals surface area contributed by atoms with Crippen LogP contribution in [0.3, 0.4) is 0 Å². The number of aryl methyl sites for hydroxylation is 2. The number of rotatable bonds is 7. The molecule has 0 aromatic heterocycles. The molecule has 138 valence electrons. The molecule has 0 N–H and O–H groups in total. The number of Topliss-reactive ketones (excluding diaryl/α,β-unsaturated/α-hetero) is 1. The smallest absolute Gasteiger partial charge is 0.223 e. The number of carbonyl (C=O) groups excluding carboxylic acids is 2. The highest BCUT2D eigenvalue weighted by molar-refractivity contribution is 5.98. The predicted molar refractivity (Wildman–Crippen MR) is 98.9 cm³/mol. The first-order valence-corrected chi connectivity index (χ1v) is 8.48. The summed E-state index contributed by atoms with van der Waals surface area (Å²) in [6.07, 6.45) is 0.281. The largest absolute Gasteiger partial charge is 0.494 e. The van der Waals surface area contributed by atoms with Crippen molar-refractivity contribution in [3.63, 3.8) is 0 Å². The average molecular weight is 357 g/mol. The zero-order valence-electron chi connectivity index (χ0n) is 15.6. The van der Waals surface area contributed by atoms with Crippen LogP contribution < -0.4 is 4.74 Å². The average Bonchev–Trinajstić information content (AvgIpc) is 2.61. The van der Waals surface area contributed by atoms with Gasteiger partial charge >= 0.3 is 0 Å². The van der Waals surface area contributed by atoms with Crippen LogP contribution in [0.1, 0.15) is 39.9 Å². The maximum atomic E-state index is 13.7. The van der Waals surface area contributed by atoms with Crippen molar-refractivity contribution in [1.29, 1.82) is 0 Å². The highest BCUT2D eigenvalue weighted by Gasteiger charge is 2.14. The van der Waals surface area contributed by atoms with Gasteiger partial charge in [-0.15, -0.1) is 0 Å². The molecule has 0 radical (unpaired) electrons. The first-order valence-electron chi connectivity index (χ1n) is 8.48. The minimum absolute atomic E-state index is 0.0506. The Hall–Kier alpha value is -2.69. The Kier molecular flexibility index (Phi) is 6.50. The second-order valence-corrected chi connectivity index (χ2v) is 6.44. The summed E-state index contributed by atoms with van der Waals surface area (Å²) in [7, 11) is 3.05. The maximum absolute atomic E-state index is 13.7. The summed E-state index contributed by atoms with van der Waals surface area (Å²) >= 11 is 0. The number of ketones is 1. The lowest BCUT2D eigenvalue weighted by molar-refractivity contribution is -0.130. The number of benzene rings is 2. The number of hydrogen-bond acceptors (Lipinski definition) is 3. The third-order valence-corrected chi connectivity index (χ3v) is 4.46. The number of amides is 1. The van der Waals surface area contributed by atoms with E-state index in [0.717, 1.165) is 11.1 Å². The molecule has 2 rings (SSSR count). The van der Waals surface area contributed by atoms with Crippen molar-refractivity contribution in [2.45, 2.75) is 33.2 Å². The van der Waals surface area contributed by atoms with Crippen molar-refractivity contribution in [3.8, 4) is 5.75 Å². The monoisotopic (exact) mass is 357 g/mol. The molecule has 0 unspecified atom stereocenters. The van der Waals surface area contributed by atoms with Crippen LogP contribution in [0.2, 0.25) is 0 Å².